The van der Waals surface area contributed by atoms with Crippen molar-refractivity contribution in [2.24, 2.45) is 5.92 Å². The van der Waals surface area contributed by atoms with E-state index in [0.29, 0.717) is 24.6 Å². The average Bonchev–Trinajstić information content (AvgIpc) is 2.81. The maximum atomic E-state index is 12.9. The summed E-state index contributed by atoms with van der Waals surface area (Å²) in [7, 11) is 1.72. The molecular weight excluding hydrogens is 257 g/mol. The van der Waals surface area contributed by atoms with Gasteiger partial charge in [-0.15, -0.1) is 0 Å². The first kappa shape index (κ1) is 13.3. The fourth-order valence-corrected chi connectivity index (χ4v) is 2.31. The Bertz CT molecular complexity index is 447. The molecule has 0 bridgehead atoms. The third-order valence-corrected chi connectivity index (χ3v) is 3.38. The third kappa shape index (κ3) is 3.00. The van der Waals surface area contributed by atoms with Gasteiger partial charge in [0.25, 0.3) is 5.91 Å². The molecule has 1 saturated heterocycles. The molecule has 3 nitrogen and oxygen atoms in total. The lowest BCUT2D eigenvalue weighted by atomic mass is 10.1. The monoisotopic (exact) mass is 271 g/mol. The van der Waals surface area contributed by atoms with Crippen molar-refractivity contribution in [1.29, 1.82) is 0 Å². The molecule has 1 atom stereocenters. The number of halogens is 2. The van der Waals surface area contributed by atoms with Gasteiger partial charge in [0.2, 0.25) is 0 Å². The van der Waals surface area contributed by atoms with Crippen molar-refractivity contribution in [2.45, 2.75) is 6.42 Å². The van der Waals surface area contributed by atoms with Crippen molar-refractivity contribution in [3.8, 4) is 0 Å². The first-order valence-corrected chi connectivity index (χ1v) is 6.24. The number of hydrogen-bond acceptors (Lipinski definition) is 2. The van der Waals surface area contributed by atoms with E-state index < -0.39 is 5.82 Å². The van der Waals surface area contributed by atoms with E-state index in [1.165, 1.54) is 12.1 Å². The molecule has 1 unspecified atom stereocenters. The van der Waals surface area contributed by atoms with Gasteiger partial charge in [-0.1, -0.05) is 11.6 Å². The summed E-state index contributed by atoms with van der Waals surface area (Å²) in [6, 6.07) is 3.81. The molecule has 1 heterocycles. The van der Waals surface area contributed by atoms with E-state index in [4.69, 9.17) is 16.3 Å². The molecule has 2 rings (SSSR count). The summed E-state index contributed by atoms with van der Waals surface area (Å²) in [5, 5.41) is 0.148. The summed E-state index contributed by atoms with van der Waals surface area (Å²) >= 11 is 5.87. The molecular formula is C13H15ClFNO2. The number of carbonyl (C=O) groups excluding carboxylic acids is 1. The molecule has 0 aliphatic carbocycles. The highest BCUT2D eigenvalue weighted by Crippen LogP contribution is 2.20. The second-order valence-electron chi connectivity index (χ2n) is 4.54. The number of rotatable bonds is 3. The lowest BCUT2D eigenvalue weighted by Gasteiger charge is -2.20. The molecule has 98 valence electrons. The Morgan fingerprint density at radius 1 is 1.61 bits per heavy atom. The number of hydrogen-bond donors (Lipinski definition) is 0. The van der Waals surface area contributed by atoms with Crippen LogP contribution >= 0.6 is 11.6 Å². The van der Waals surface area contributed by atoms with E-state index in [1.54, 1.807) is 11.9 Å². The van der Waals surface area contributed by atoms with E-state index >= 15 is 0 Å². The van der Waals surface area contributed by atoms with Gasteiger partial charge < -0.3 is 9.64 Å². The number of benzene rings is 1. The van der Waals surface area contributed by atoms with E-state index in [0.717, 1.165) is 19.1 Å². The van der Waals surface area contributed by atoms with Crippen molar-refractivity contribution >= 4 is 17.5 Å². The van der Waals surface area contributed by atoms with Crippen LogP contribution in [0.15, 0.2) is 18.2 Å². The lowest BCUT2D eigenvalue weighted by molar-refractivity contribution is 0.0766. The Labute approximate surface area is 110 Å². The third-order valence-electron chi connectivity index (χ3n) is 3.06. The zero-order valence-electron chi connectivity index (χ0n) is 10.2. The predicted octanol–water partition coefficient (Wildman–Crippen LogP) is 2.59. The second-order valence-corrected chi connectivity index (χ2v) is 4.95. The maximum absolute atomic E-state index is 12.9. The SMILES string of the molecule is CN(CC1CCOC1)C(=O)c1ccc(F)cc1Cl. The molecule has 1 fully saturated rings. The molecule has 0 radical (unpaired) electrons. The smallest absolute Gasteiger partial charge is 0.255 e. The van der Waals surface area contributed by atoms with Crippen LogP contribution in [0.3, 0.4) is 0 Å². The van der Waals surface area contributed by atoms with Gasteiger partial charge in [0.15, 0.2) is 0 Å². The number of ether oxygens (including phenoxy) is 1. The molecule has 18 heavy (non-hydrogen) atoms. The summed E-state index contributed by atoms with van der Waals surface area (Å²) in [4.78, 5) is 13.8. The van der Waals surface area contributed by atoms with Crippen LogP contribution in [0.4, 0.5) is 4.39 Å². The normalized spacial score (nSPS) is 18.9. The lowest BCUT2D eigenvalue weighted by Crippen LogP contribution is -2.32. The highest BCUT2D eigenvalue weighted by atomic mass is 35.5. The molecule has 0 aromatic heterocycles. The van der Waals surface area contributed by atoms with Crippen LogP contribution in [0.25, 0.3) is 0 Å². The van der Waals surface area contributed by atoms with Crippen molar-refractivity contribution in [1.82, 2.24) is 4.90 Å². The molecule has 1 aliphatic heterocycles. The molecule has 1 amide bonds. The highest BCUT2D eigenvalue weighted by Gasteiger charge is 2.22. The van der Waals surface area contributed by atoms with Gasteiger partial charge in [-0.2, -0.15) is 0 Å². The van der Waals surface area contributed by atoms with Crippen molar-refractivity contribution < 1.29 is 13.9 Å². The van der Waals surface area contributed by atoms with Crippen LogP contribution in [0.2, 0.25) is 5.02 Å². The van der Waals surface area contributed by atoms with Crippen LogP contribution in [0, 0.1) is 11.7 Å². The van der Waals surface area contributed by atoms with Gasteiger partial charge in [0, 0.05) is 26.1 Å². The molecule has 0 saturated carbocycles. The van der Waals surface area contributed by atoms with Crippen LogP contribution < -0.4 is 0 Å². The minimum Gasteiger partial charge on any atom is -0.381 e. The summed E-state index contributed by atoms with van der Waals surface area (Å²) < 4.78 is 18.2. The van der Waals surface area contributed by atoms with Crippen molar-refractivity contribution in [3.05, 3.63) is 34.6 Å². The van der Waals surface area contributed by atoms with Crippen LogP contribution in [0.1, 0.15) is 16.8 Å². The van der Waals surface area contributed by atoms with Crippen LogP contribution in [0.5, 0.6) is 0 Å². The van der Waals surface area contributed by atoms with Gasteiger partial charge in [-0.3, -0.25) is 4.79 Å². The summed E-state index contributed by atoms with van der Waals surface area (Å²) in [5.74, 6) is -0.256. The molecule has 0 N–H and O–H groups in total. The number of nitrogens with zero attached hydrogens (tertiary/aromatic N) is 1. The van der Waals surface area contributed by atoms with E-state index in [1.807, 2.05) is 0 Å². The zero-order chi connectivity index (χ0) is 13.1. The van der Waals surface area contributed by atoms with Gasteiger partial charge in [-0.05, 0) is 24.6 Å². The Balaban J connectivity index is 2.05. The first-order chi connectivity index (χ1) is 8.58. The summed E-state index contributed by atoms with van der Waals surface area (Å²) in [6.45, 7) is 2.07. The van der Waals surface area contributed by atoms with E-state index in [-0.39, 0.29) is 10.9 Å². The van der Waals surface area contributed by atoms with Gasteiger partial charge in [0.05, 0.1) is 17.2 Å². The standard InChI is InChI=1S/C13H15ClFNO2/c1-16(7-9-4-5-18-8-9)13(17)11-3-2-10(15)6-12(11)14/h2-3,6,9H,4-5,7-8H2,1H3. The van der Waals surface area contributed by atoms with Crippen LogP contribution in [-0.2, 0) is 4.74 Å². The largest absolute Gasteiger partial charge is 0.381 e. The highest BCUT2D eigenvalue weighted by molar-refractivity contribution is 6.33. The van der Waals surface area contributed by atoms with E-state index in [2.05, 4.69) is 0 Å². The molecule has 0 spiro atoms. The van der Waals surface area contributed by atoms with E-state index in [9.17, 15) is 9.18 Å². The molecule has 1 aliphatic rings. The van der Waals surface area contributed by atoms with Crippen molar-refractivity contribution in [3.63, 3.8) is 0 Å². The Hall–Kier alpha value is -1.13. The van der Waals surface area contributed by atoms with Crippen LogP contribution in [-0.4, -0.2) is 37.6 Å². The van der Waals surface area contributed by atoms with Gasteiger partial charge in [-0.25, -0.2) is 4.39 Å². The fraction of sp³-hybridized carbons (Fsp3) is 0.462. The second kappa shape index (κ2) is 5.67. The predicted molar refractivity (Wildman–Crippen MR) is 67.3 cm³/mol. The first-order valence-electron chi connectivity index (χ1n) is 5.86. The maximum Gasteiger partial charge on any atom is 0.255 e. The Morgan fingerprint density at radius 2 is 2.39 bits per heavy atom. The molecule has 5 heteroatoms. The number of amides is 1. The minimum absolute atomic E-state index is 0.148. The topological polar surface area (TPSA) is 29.5 Å². The molecule has 1 aromatic rings. The number of carbonyl (C=O) groups is 1. The average molecular weight is 272 g/mol. The van der Waals surface area contributed by atoms with Gasteiger partial charge in [0.1, 0.15) is 5.82 Å². The zero-order valence-corrected chi connectivity index (χ0v) is 10.9. The fourth-order valence-electron chi connectivity index (χ4n) is 2.07. The summed E-state index contributed by atoms with van der Waals surface area (Å²) in [6.07, 6.45) is 0.967. The summed E-state index contributed by atoms with van der Waals surface area (Å²) in [5.41, 5.74) is 0.333. The van der Waals surface area contributed by atoms with Gasteiger partial charge >= 0.3 is 0 Å². The molecule has 1 aromatic carbocycles. The van der Waals surface area contributed by atoms with Crippen molar-refractivity contribution in [2.75, 3.05) is 26.8 Å². The quantitative estimate of drug-likeness (QED) is 0.846. The Morgan fingerprint density at radius 3 is 3.00 bits per heavy atom. The minimum atomic E-state index is -0.441. The Kier molecular flexibility index (Phi) is 4.19.